The maximum atomic E-state index is 5.73. The van der Waals surface area contributed by atoms with E-state index in [2.05, 4.69) is 26.0 Å². The van der Waals surface area contributed by atoms with Crippen LogP contribution >= 0.6 is 27.5 Å². The van der Waals surface area contributed by atoms with E-state index in [0.29, 0.717) is 5.15 Å². The zero-order valence-corrected chi connectivity index (χ0v) is 8.59. The SMILES string of the molecule is Cn1nc(Br)c2ccc(Cl)nc21. The van der Waals surface area contributed by atoms with Crippen LogP contribution in [0.2, 0.25) is 5.15 Å². The molecule has 0 saturated heterocycles. The number of hydrogen-bond acceptors (Lipinski definition) is 2. The number of rotatable bonds is 0. The van der Waals surface area contributed by atoms with Crippen molar-refractivity contribution in [1.82, 2.24) is 14.8 Å². The van der Waals surface area contributed by atoms with Crippen molar-refractivity contribution in [3.63, 3.8) is 0 Å². The molecule has 0 unspecified atom stereocenters. The molecule has 12 heavy (non-hydrogen) atoms. The summed E-state index contributed by atoms with van der Waals surface area (Å²) in [6, 6.07) is 3.64. The van der Waals surface area contributed by atoms with Gasteiger partial charge in [0, 0.05) is 7.05 Å². The van der Waals surface area contributed by atoms with Crippen LogP contribution in [0.5, 0.6) is 0 Å². The van der Waals surface area contributed by atoms with Gasteiger partial charge in [-0.05, 0) is 28.1 Å². The van der Waals surface area contributed by atoms with Crippen LogP contribution < -0.4 is 0 Å². The van der Waals surface area contributed by atoms with Crippen molar-refractivity contribution < 1.29 is 0 Å². The molecule has 0 amide bonds. The van der Waals surface area contributed by atoms with Crippen LogP contribution in [0.15, 0.2) is 16.7 Å². The van der Waals surface area contributed by atoms with Crippen molar-refractivity contribution >= 4 is 38.6 Å². The Balaban J connectivity index is 2.90. The minimum absolute atomic E-state index is 0.484. The number of aromatic nitrogens is 3. The van der Waals surface area contributed by atoms with Gasteiger partial charge < -0.3 is 0 Å². The summed E-state index contributed by atoms with van der Waals surface area (Å²) in [5.74, 6) is 0. The summed E-state index contributed by atoms with van der Waals surface area (Å²) in [7, 11) is 1.83. The van der Waals surface area contributed by atoms with Gasteiger partial charge in [-0.25, -0.2) is 9.67 Å². The summed E-state index contributed by atoms with van der Waals surface area (Å²) in [5.41, 5.74) is 0.786. The van der Waals surface area contributed by atoms with Gasteiger partial charge in [0.15, 0.2) is 5.65 Å². The quantitative estimate of drug-likeness (QED) is 0.668. The highest BCUT2D eigenvalue weighted by Gasteiger charge is 2.06. The van der Waals surface area contributed by atoms with E-state index in [1.165, 1.54) is 0 Å². The molecule has 0 aliphatic rings. The Hall–Kier alpha value is -0.610. The fraction of sp³-hybridized carbons (Fsp3) is 0.143. The molecule has 0 N–H and O–H groups in total. The lowest BCUT2D eigenvalue weighted by Gasteiger charge is -1.92. The molecule has 3 nitrogen and oxygen atoms in total. The number of aryl methyl sites for hydroxylation is 1. The summed E-state index contributed by atoms with van der Waals surface area (Å²) in [4.78, 5) is 4.13. The summed E-state index contributed by atoms with van der Waals surface area (Å²) < 4.78 is 2.48. The zero-order chi connectivity index (χ0) is 8.72. The van der Waals surface area contributed by atoms with Crippen LogP contribution in [-0.4, -0.2) is 14.8 Å². The van der Waals surface area contributed by atoms with E-state index in [9.17, 15) is 0 Å². The lowest BCUT2D eigenvalue weighted by molar-refractivity contribution is 0.778. The lowest BCUT2D eigenvalue weighted by atomic mass is 10.4. The fourth-order valence-electron chi connectivity index (χ4n) is 1.07. The Morgan fingerprint density at radius 2 is 2.25 bits per heavy atom. The van der Waals surface area contributed by atoms with Gasteiger partial charge in [-0.3, -0.25) is 0 Å². The molecule has 2 aromatic heterocycles. The van der Waals surface area contributed by atoms with E-state index in [-0.39, 0.29) is 0 Å². The molecule has 0 spiro atoms. The van der Waals surface area contributed by atoms with E-state index in [4.69, 9.17) is 11.6 Å². The Labute approximate surface area is 82.5 Å². The predicted octanol–water partition coefficient (Wildman–Crippen LogP) is 2.38. The van der Waals surface area contributed by atoms with Crippen LogP contribution in [0, 0.1) is 0 Å². The second kappa shape index (κ2) is 2.71. The third-order valence-corrected chi connectivity index (χ3v) is 2.40. The normalized spacial score (nSPS) is 10.9. The Bertz CT molecular complexity index is 437. The molecule has 2 heterocycles. The van der Waals surface area contributed by atoms with Crippen molar-refractivity contribution in [1.29, 1.82) is 0 Å². The van der Waals surface area contributed by atoms with Gasteiger partial charge in [0.2, 0.25) is 0 Å². The average Bonchev–Trinajstić information content (AvgIpc) is 2.28. The second-order valence-electron chi connectivity index (χ2n) is 2.42. The van der Waals surface area contributed by atoms with Gasteiger partial charge in [0.1, 0.15) is 9.76 Å². The Morgan fingerprint density at radius 3 is 3.00 bits per heavy atom. The van der Waals surface area contributed by atoms with Gasteiger partial charge in [-0.15, -0.1) is 0 Å². The molecule has 62 valence electrons. The van der Waals surface area contributed by atoms with E-state index >= 15 is 0 Å². The smallest absolute Gasteiger partial charge is 0.160 e. The topological polar surface area (TPSA) is 30.7 Å². The van der Waals surface area contributed by atoms with Crippen molar-refractivity contribution in [3.05, 3.63) is 21.9 Å². The minimum atomic E-state index is 0.484. The summed E-state index contributed by atoms with van der Waals surface area (Å²) in [6.45, 7) is 0. The van der Waals surface area contributed by atoms with Gasteiger partial charge in [0.25, 0.3) is 0 Å². The van der Waals surface area contributed by atoms with Crippen LogP contribution in [0.4, 0.5) is 0 Å². The van der Waals surface area contributed by atoms with Gasteiger partial charge in [-0.2, -0.15) is 5.10 Å². The van der Waals surface area contributed by atoms with Gasteiger partial charge in [-0.1, -0.05) is 11.6 Å². The van der Waals surface area contributed by atoms with Crippen molar-refractivity contribution in [2.45, 2.75) is 0 Å². The highest BCUT2D eigenvalue weighted by molar-refractivity contribution is 9.10. The summed E-state index contributed by atoms with van der Waals surface area (Å²) >= 11 is 9.06. The molecule has 5 heteroatoms. The van der Waals surface area contributed by atoms with Gasteiger partial charge in [0.05, 0.1) is 5.39 Å². The number of hydrogen-bond donors (Lipinski definition) is 0. The number of halogens is 2. The minimum Gasteiger partial charge on any atom is -0.249 e. The Morgan fingerprint density at radius 1 is 1.50 bits per heavy atom. The Kier molecular flexibility index (Phi) is 1.81. The monoisotopic (exact) mass is 245 g/mol. The molecule has 0 atom stereocenters. The standard InChI is InChI=1S/C7H5BrClN3/c1-12-7-4(6(8)11-12)2-3-5(9)10-7/h2-3H,1H3. The van der Waals surface area contributed by atoms with Crippen LogP contribution in [0.3, 0.4) is 0 Å². The molecule has 0 aliphatic carbocycles. The predicted molar refractivity (Wildman–Crippen MR) is 51.2 cm³/mol. The molecule has 0 saturated carbocycles. The fourth-order valence-corrected chi connectivity index (χ4v) is 1.76. The zero-order valence-electron chi connectivity index (χ0n) is 6.25. The lowest BCUT2D eigenvalue weighted by Crippen LogP contribution is -1.91. The third-order valence-electron chi connectivity index (χ3n) is 1.61. The number of fused-ring (bicyclic) bond motifs is 1. The maximum absolute atomic E-state index is 5.73. The first-order valence-electron chi connectivity index (χ1n) is 3.33. The molecular weight excluding hydrogens is 241 g/mol. The van der Waals surface area contributed by atoms with Crippen molar-refractivity contribution in [2.24, 2.45) is 7.05 Å². The first kappa shape index (κ1) is 8.01. The number of pyridine rings is 1. The highest BCUT2D eigenvalue weighted by atomic mass is 79.9. The first-order valence-corrected chi connectivity index (χ1v) is 4.50. The average molecular weight is 246 g/mol. The molecule has 0 radical (unpaired) electrons. The molecule has 0 aliphatic heterocycles. The molecule has 0 fully saturated rings. The molecule has 2 rings (SSSR count). The van der Waals surface area contributed by atoms with Crippen molar-refractivity contribution in [3.8, 4) is 0 Å². The molecule has 0 aromatic carbocycles. The third kappa shape index (κ3) is 1.11. The van der Waals surface area contributed by atoms with Crippen molar-refractivity contribution in [2.75, 3.05) is 0 Å². The van der Waals surface area contributed by atoms with E-state index in [1.54, 1.807) is 10.7 Å². The maximum Gasteiger partial charge on any atom is 0.160 e. The molecular formula is C7H5BrClN3. The van der Waals surface area contributed by atoms with E-state index in [0.717, 1.165) is 15.6 Å². The van der Waals surface area contributed by atoms with E-state index < -0.39 is 0 Å². The molecule has 0 bridgehead atoms. The van der Waals surface area contributed by atoms with E-state index in [1.807, 2.05) is 13.1 Å². The summed E-state index contributed by atoms with van der Waals surface area (Å²) in [5, 5.41) is 5.60. The second-order valence-corrected chi connectivity index (χ2v) is 3.56. The van der Waals surface area contributed by atoms with Crippen LogP contribution in [0.1, 0.15) is 0 Å². The number of nitrogens with zero attached hydrogens (tertiary/aromatic N) is 3. The van der Waals surface area contributed by atoms with Gasteiger partial charge >= 0.3 is 0 Å². The largest absolute Gasteiger partial charge is 0.249 e. The van der Waals surface area contributed by atoms with Crippen LogP contribution in [0.25, 0.3) is 11.0 Å². The first-order chi connectivity index (χ1) is 5.68. The summed E-state index contributed by atoms with van der Waals surface area (Å²) in [6.07, 6.45) is 0. The highest BCUT2D eigenvalue weighted by Crippen LogP contribution is 2.22. The van der Waals surface area contributed by atoms with Crippen LogP contribution in [-0.2, 0) is 7.05 Å². The molecule has 2 aromatic rings.